The van der Waals surface area contributed by atoms with E-state index in [1.165, 1.54) is 41.3 Å². The molecule has 2 aliphatic heterocycles. The summed E-state index contributed by atoms with van der Waals surface area (Å²) in [5.41, 5.74) is 1.56. The van der Waals surface area contributed by atoms with Gasteiger partial charge in [-0.3, -0.25) is 14.4 Å². The van der Waals surface area contributed by atoms with Crippen LogP contribution in [0.15, 0.2) is 66.7 Å². The Bertz CT molecular complexity index is 1370. The summed E-state index contributed by atoms with van der Waals surface area (Å²) in [4.78, 5) is 42.1. The lowest BCUT2D eigenvalue weighted by Crippen LogP contribution is -2.45. The monoisotopic (exact) mass is 471 g/mol. The number of hydrogen-bond donors (Lipinski definition) is 0. The van der Waals surface area contributed by atoms with Crippen LogP contribution in [0.1, 0.15) is 27.9 Å². The van der Waals surface area contributed by atoms with Crippen LogP contribution in [-0.4, -0.2) is 35.5 Å². The number of halogens is 1. The normalized spacial score (nSPS) is 16.3. The van der Waals surface area contributed by atoms with Crippen molar-refractivity contribution < 1.29 is 28.2 Å². The van der Waals surface area contributed by atoms with Crippen LogP contribution >= 0.6 is 0 Å². The third kappa shape index (κ3) is 4.17. The lowest BCUT2D eigenvalue weighted by molar-refractivity contribution is -0.122. The molecule has 0 radical (unpaired) electrons. The third-order valence-electron chi connectivity index (χ3n) is 5.90. The van der Waals surface area contributed by atoms with Crippen LogP contribution in [-0.2, 0) is 16.1 Å². The second-order valence-corrected chi connectivity index (χ2v) is 8.07. The summed E-state index contributed by atoms with van der Waals surface area (Å²) in [5.74, 6) is -0.948. The van der Waals surface area contributed by atoms with Gasteiger partial charge in [0.05, 0.1) is 23.7 Å². The molecule has 0 saturated carbocycles. The molecule has 0 aromatic heterocycles. The van der Waals surface area contributed by atoms with E-state index >= 15 is 0 Å². The Morgan fingerprint density at radius 2 is 1.74 bits per heavy atom. The number of benzene rings is 3. The van der Waals surface area contributed by atoms with Gasteiger partial charge in [0.15, 0.2) is 11.5 Å². The number of nitrogens with zero attached hydrogens (tertiary/aromatic N) is 3. The molecule has 8 nitrogen and oxygen atoms in total. The number of imide groups is 1. The minimum absolute atomic E-state index is 0.0117. The maximum Gasteiger partial charge on any atom is 0.257 e. The molecule has 0 aliphatic carbocycles. The van der Waals surface area contributed by atoms with Gasteiger partial charge in [0, 0.05) is 12.1 Å². The molecule has 1 atom stereocenters. The number of fused-ring (bicyclic) bond motifs is 1. The predicted octanol–water partition coefficient (Wildman–Crippen LogP) is 3.40. The molecular weight excluding hydrogens is 453 g/mol. The van der Waals surface area contributed by atoms with Crippen molar-refractivity contribution in [2.75, 3.05) is 11.7 Å². The van der Waals surface area contributed by atoms with E-state index < -0.39 is 29.6 Å². The molecule has 1 unspecified atom stereocenters. The summed E-state index contributed by atoms with van der Waals surface area (Å²) in [6.45, 7) is 0.101. The minimum Gasteiger partial charge on any atom is -0.454 e. The van der Waals surface area contributed by atoms with Crippen molar-refractivity contribution in [2.45, 2.75) is 19.0 Å². The topological polar surface area (TPSA) is 99.9 Å². The highest BCUT2D eigenvalue weighted by Crippen LogP contribution is 2.34. The zero-order valence-corrected chi connectivity index (χ0v) is 18.3. The number of carbonyl (C=O) groups is 3. The van der Waals surface area contributed by atoms with Crippen molar-refractivity contribution in [1.29, 1.82) is 5.26 Å². The molecule has 2 aliphatic rings. The van der Waals surface area contributed by atoms with Crippen molar-refractivity contribution >= 4 is 23.4 Å². The lowest BCUT2D eigenvalue weighted by Gasteiger charge is -2.28. The van der Waals surface area contributed by atoms with Gasteiger partial charge in [-0.25, -0.2) is 9.29 Å². The minimum atomic E-state index is -1.07. The Labute approximate surface area is 199 Å². The molecule has 35 heavy (non-hydrogen) atoms. The second-order valence-electron chi connectivity index (χ2n) is 8.07. The van der Waals surface area contributed by atoms with Crippen LogP contribution in [0, 0.1) is 17.1 Å². The van der Waals surface area contributed by atoms with E-state index in [4.69, 9.17) is 14.7 Å². The zero-order valence-electron chi connectivity index (χ0n) is 18.3. The van der Waals surface area contributed by atoms with Crippen molar-refractivity contribution in [3.05, 3.63) is 89.2 Å². The van der Waals surface area contributed by atoms with E-state index in [1.54, 1.807) is 18.2 Å². The summed E-state index contributed by atoms with van der Waals surface area (Å²) < 4.78 is 24.2. The van der Waals surface area contributed by atoms with E-state index in [9.17, 15) is 18.8 Å². The number of ether oxygens (including phenoxy) is 2. The highest BCUT2D eigenvalue weighted by molar-refractivity contribution is 6.23. The Hall–Kier alpha value is -4.71. The number of nitriles is 1. The first kappa shape index (κ1) is 22.1. The van der Waals surface area contributed by atoms with Gasteiger partial charge in [-0.1, -0.05) is 6.07 Å². The van der Waals surface area contributed by atoms with Gasteiger partial charge in [-0.15, -0.1) is 0 Å². The molecule has 1 fully saturated rings. The number of amides is 3. The van der Waals surface area contributed by atoms with Crippen molar-refractivity contribution in [1.82, 2.24) is 4.90 Å². The van der Waals surface area contributed by atoms with E-state index in [2.05, 4.69) is 0 Å². The van der Waals surface area contributed by atoms with E-state index in [0.717, 1.165) is 17.0 Å². The molecule has 3 aromatic carbocycles. The largest absolute Gasteiger partial charge is 0.454 e. The van der Waals surface area contributed by atoms with Crippen LogP contribution in [0.25, 0.3) is 0 Å². The van der Waals surface area contributed by atoms with Crippen LogP contribution in [0.4, 0.5) is 10.1 Å². The van der Waals surface area contributed by atoms with Crippen molar-refractivity contribution in [2.24, 2.45) is 0 Å². The molecule has 0 spiro atoms. The molecule has 5 rings (SSSR count). The Balaban J connectivity index is 1.48. The van der Waals surface area contributed by atoms with Crippen LogP contribution in [0.2, 0.25) is 0 Å². The highest BCUT2D eigenvalue weighted by Gasteiger charge is 2.44. The second kappa shape index (κ2) is 8.91. The van der Waals surface area contributed by atoms with Gasteiger partial charge in [-0.2, -0.15) is 5.26 Å². The number of rotatable bonds is 5. The van der Waals surface area contributed by atoms with Gasteiger partial charge in [0.2, 0.25) is 12.7 Å². The van der Waals surface area contributed by atoms with Gasteiger partial charge < -0.3 is 14.4 Å². The Morgan fingerprint density at radius 3 is 2.46 bits per heavy atom. The average Bonchev–Trinajstić information content (AvgIpc) is 3.46. The standard InChI is InChI=1S/C26H18FN3O5/c27-19-6-4-18(5-7-19)25(32)29(14-17-3-10-22-23(11-17)35-15-34-22)21-12-24(31)30(26(21)33)20-8-1-16(13-28)2-9-20/h1-11,21H,12,14-15H2. The molecule has 3 amide bonds. The van der Waals surface area contributed by atoms with Crippen LogP contribution < -0.4 is 14.4 Å². The summed E-state index contributed by atoms with van der Waals surface area (Å²) in [5, 5.41) is 9.02. The highest BCUT2D eigenvalue weighted by atomic mass is 19.1. The number of hydrogen-bond acceptors (Lipinski definition) is 6. The molecular formula is C26H18FN3O5. The van der Waals surface area contributed by atoms with Gasteiger partial charge in [-0.05, 0) is 66.2 Å². The first-order valence-corrected chi connectivity index (χ1v) is 10.8. The smallest absolute Gasteiger partial charge is 0.257 e. The maximum absolute atomic E-state index is 13.5. The number of anilines is 1. The maximum atomic E-state index is 13.5. The molecule has 174 valence electrons. The number of carbonyl (C=O) groups excluding carboxylic acids is 3. The molecule has 9 heteroatoms. The Morgan fingerprint density at radius 1 is 1.03 bits per heavy atom. The van der Waals surface area contributed by atoms with Crippen LogP contribution in [0.5, 0.6) is 11.5 Å². The summed E-state index contributed by atoms with van der Waals surface area (Å²) in [7, 11) is 0. The molecule has 2 heterocycles. The van der Waals surface area contributed by atoms with Crippen molar-refractivity contribution in [3.8, 4) is 17.6 Å². The fraction of sp³-hybridized carbons (Fsp3) is 0.154. The van der Waals surface area contributed by atoms with Crippen LogP contribution in [0.3, 0.4) is 0 Å². The first-order valence-electron chi connectivity index (χ1n) is 10.8. The first-order chi connectivity index (χ1) is 16.9. The Kier molecular flexibility index (Phi) is 5.63. The summed E-state index contributed by atoms with van der Waals surface area (Å²) in [6.07, 6.45) is -0.212. The van der Waals surface area contributed by atoms with Gasteiger partial charge >= 0.3 is 0 Å². The molecule has 0 bridgehead atoms. The fourth-order valence-corrected chi connectivity index (χ4v) is 4.13. The SMILES string of the molecule is N#Cc1ccc(N2C(=O)CC(N(Cc3ccc4c(c3)OCO4)C(=O)c3ccc(F)cc3)C2=O)cc1. The van der Waals surface area contributed by atoms with E-state index in [-0.39, 0.29) is 25.3 Å². The van der Waals surface area contributed by atoms with E-state index in [1.807, 2.05) is 6.07 Å². The average molecular weight is 471 g/mol. The summed E-state index contributed by atoms with van der Waals surface area (Å²) in [6, 6.07) is 17.1. The lowest BCUT2D eigenvalue weighted by atomic mass is 10.1. The quantitative estimate of drug-likeness (QED) is 0.529. The fourth-order valence-electron chi connectivity index (χ4n) is 4.13. The van der Waals surface area contributed by atoms with Crippen molar-refractivity contribution in [3.63, 3.8) is 0 Å². The van der Waals surface area contributed by atoms with Gasteiger partial charge in [0.25, 0.3) is 11.8 Å². The predicted molar refractivity (Wildman–Crippen MR) is 121 cm³/mol. The zero-order chi connectivity index (χ0) is 24.5. The third-order valence-corrected chi connectivity index (χ3v) is 5.90. The van der Waals surface area contributed by atoms with E-state index in [0.29, 0.717) is 28.3 Å². The molecule has 1 saturated heterocycles. The summed E-state index contributed by atoms with van der Waals surface area (Å²) >= 11 is 0. The molecule has 3 aromatic rings. The molecule has 0 N–H and O–H groups in total. The van der Waals surface area contributed by atoms with Gasteiger partial charge in [0.1, 0.15) is 11.9 Å².